The van der Waals surface area contributed by atoms with E-state index in [4.69, 9.17) is 15.2 Å². The van der Waals surface area contributed by atoms with Gasteiger partial charge in [-0.3, -0.25) is 15.5 Å². The summed E-state index contributed by atoms with van der Waals surface area (Å²) in [6.07, 6.45) is 1.24. The van der Waals surface area contributed by atoms with Crippen LogP contribution < -0.4 is 20.6 Å². The van der Waals surface area contributed by atoms with Gasteiger partial charge in [-0.15, -0.1) is 0 Å². The van der Waals surface area contributed by atoms with Gasteiger partial charge in [-0.25, -0.2) is 0 Å². The van der Waals surface area contributed by atoms with Crippen molar-refractivity contribution >= 4 is 29.2 Å². The predicted molar refractivity (Wildman–Crippen MR) is 66.7 cm³/mol. The summed E-state index contributed by atoms with van der Waals surface area (Å²) in [7, 11) is 0. The molecule has 1 aromatic rings. The Balaban J connectivity index is 2.35. The van der Waals surface area contributed by atoms with Crippen molar-refractivity contribution in [3.63, 3.8) is 0 Å². The molecule has 0 aromatic heterocycles. The van der Waals surface area contributed by atoms with Crippen LogP contribution in [0.1, 0.15) is 5.56 Å². The summed E-state index contributed by atoms with van der Waals surface area (Å²) in [6.45, 7) is 0.0399. The number of hydrazone groups is 1. The number of fused-ring (bicyclic) bond motifs is 1. The molecule has 0 fully saturated rings. The molecule has 9 heteroatoms. The van der Waals surface area contributed by atoms with Crippen molar-refractivity contribution < 1.29 is 14.4 Å². The van der Waals surface area contributed by atoms with E-state index in [-0.39, 0.29) is 23.2 Å². The van der Waals surface area contributed by atoms with E-state index < -0.39 is 4.92 Å². The van der Waals surface area contributed by atoms with Gasteiger partial charge in [0, 0.05) is 0 Å². The number of nitrogens with two attached hydrogens (primary N) is 1. The first kappa shape index (κ1) is 12.0. The fourth-order valence-electron chi connectivity index (χ4n) is 1.37. The number of rotatable bonds is 3. The van der Waals surface area contributed by atoms with Crippen LogP contribution >= 0.6 is 12.2 Å². The van der Waals surface area contributed by atoms with Crippen molar-refractivity contribution in [1.29, 1.82) is 0 Å². The van der Waals surface area contributed by atoms with Crippen LogP contribution in [-0.2, 0) is 0 Å². The van der Waals surface area contributed by atoms with Gasteiger partial charge in [-0.05, 0) is 18.3 Å². The molecule has 3 N–H and O–H groups in total. The van der Waals surface area contributed by atoms with Gasteiger partial charge >= 0.3 is 0 Å². The summed E-state index contributed by atoms with van der Waals surface area (Å²) in [5.41, 5.74) is 7.60. The Morgan fingerprint density at radius 3 is 2.83 bits per heavy atom. The fraction of sp³-hybridized carbons (Fsp3) is 0.111. The molecule has 0 unspecified atom stereocenters. The van der Waals surface area contributed by atoms with Gasteiger partial charge in [-0.2, -0.15) is 5.10 Å². The standard InChI is InChI=1S/C9H8N4O4S/c10-9(18)12-11-3-5-1-7-8(17-4-16-7)2-6(5)13(14)15/h1-3H,4H2,(H3,10,12,18)/b11-3-. The predicted octanol–water partition coefficient (Wildman–Crippen LogP) is 0.491. The summed E-state index contributed by atoms with van der Waals surface area (Å²) in [4.78, 5) is 10.4. The van der Waals surface area contributed by atoms with E-state index in [0.29, 0.717) is 11.5 Å². The lowest BCUT2D eigenvalue weighted by molar-refractivity contribution is -0.385. The highest BCUT2D eigenvalue weighted by Gasteiger charge is 2.22. The van der Waals surface area contributed by atoms with Crippen LogP contribution in [0.2, 0.25) is 0 Å². The van der Waals surface area contributed by atoms with Crippen LogP contribution in [0, 0.1) is 10.1 Å². The quantitative estimate of drug-likeness (QED) is 0.355. The minimum Gasteiger partial charge on any atom is -0.454 e. The summed E-state index contributed by atoms with van der Waals surface area (Å²) in [5.74, 6) is 0.763. The van der Waals surface area contributed by atoms with Crippen molar-refractivity contribution in [3.05, 3.63) is 27.8 Å². The maximum Gasteiger partial charge on any atom is 0.282 e. The average Bonchev–Trinajstić information content (AvgIpc) is 2.74. The Morgan fingerprint density at radius 1 is 1.56 bits per heavy atom. The number of ether oxygens (including phenoxy) is 2. The molecule has 94 valence electrons. The smallest absolute Gasteiger partial charge is 0.282 e. The van der Waals surface area contributed by atoms with Crippen molar-refractivity contribution in [3.8, 4) is 11.5 Å². The SMILES string of the molecule is NC(=S)N/N=C\c1cc2c(cc1[N+](=O)[O-])OCO2. The highest BCUT2D eigenvalue weighted by Crippen LogP contribution is 2.37. The van der Waals surface area contributed by atoms with Crippen molar-refractivity contribution in [2.24, 2.45) is 10.8 Å². The van der Waals surface area contributed by atoms with Gasteiger partial charge < -0.3 is 15.2 Å². The molecule has 0 aliphatic carbocycles. The minimum absolute atomic E-state index is 0.0327. The first-order valence-corrected chi connectivity index (χ1v) is 5.15. The zero-order chi connectivity index (χ0) is 13.1. The lowest BCUT2D eigenvalue weighted by Crippen LogP contribution is -2.24. The molecule has 0 spiro atoms. The summed E-state index contributed by atoms with van der Waals surface area (Å²) in [6, 6.07) is 2.75. The van der Waals surface area contributed by atoms with E-state index in [1.54, 1.807) is 0 Å². The molecule has 0 saturated carbocycles. The zero-order valence-corrected chi connectivity index (χ0v) is 9.77. The molecule has 0 amide bonds. The summed E-state index contributed by atoms with van der Waals surface area (Å²) < 4.78 is 10.2. The van der Waals surface area contributed by atoms with Gasteiger partial charge in [0.05, 0.1) is 22.8 Å². The second kappa shape index (κ2) is 4.84. The number of nitrogens with zero attached hydrogens (tertiary/aromatic N) is 2. The third-order valence-electron chi connectivity index (χ3n) is 2.10. The highest BCUT2D eigenvalue weighted by atomic mass is 32.1. The average molecular weight is 268 g/mol. The number of nitro groups is 1. The van der Waals surface area contributed by atoms with E-state index in [0.717, 1.165) is 0 Å². The molecule has 0 atom stereocenters. The first-order chi connectivity index (χ1) is 8.58. The van der Waals surface area contributed by atoms with Gasteiger partial charge in [-0.1, -0.05) is 0 Å². The monoisotopic (exact) mass is 268 g/mol. The topological polar surface area (TPSA) is 112 Å². The molecular weight excluding hydrogens is 260 g/mol. The van der Waals surface area contributed by atoms with Crippen molar-refractivity contribution in [2.45, 2.75) is 0 Å². The molecule has 1 aromatic carbocycles. The zero-order valence-electron chi connectivity index (χ0n) is 8.95. The highest BCUT2D eigenvalue weighted by molar-refractivity contribution is 7.80. The number of hydrogen-bond donors (Lipinski definition) is 2. The van der Waals surface area contributed by atoms with Gasteiger partial charge in [0.15, 0.2) is 16.6 Å². The minimum atomic E-state index is -0.538. The molecule has 0 saturated heterocycles. The molecule has 1 aliphatic heterocycles. The molecule has 1 heterocycles. The molecule has 2 rings (SSSR count). The van der Waals surface area contributed by atoms with Crippen molar-refractivity contribution in [1.82, 2.24) is 5.43 Å². The van der Waals surface area contributed by atoms with Gasteiger partial charge in [0.1, 0.15) is 0 Å². The van der Waals surface area contributed by atoms with E-state index in [9.17, 15) is 10.1 Å². The van der Waals surface area contributed by atoms with E-state index >= 15 is 0 Å². The van der Waals surface area contributed by atoms with Crippen LogP contribution in [0.5, 0.6) is 11.5 Å². The maximum atomic E-state index is 10.9. The Morgan fingerprint density at radius 2 is 2.22 bits per heavy atom. The Bertz CT molecular complexity index is 546. The number of benzene rings is 1. The van der Waals surface area contributed by atoms with Crippen LogP contribution in [0.25, 0.3) is 0 Å². The van der Waals surface area contributed by atoms with E-state index in [1.165, 1.54) is 18.3 Å². The van der Waals surface area contributed by atoms with Gasteiger partial charge in [0.25, 0.3) is 5.69 Å². The molecular formula is C9H8N4O4S. The lowest BCUT2D eigenvalue weighted by atomic mass is 10.1. The Kier molecular flexibility index (Phi) is 3.24. The normalized spacial score (nSPS) is 12.7. The van der Waals surface area contributed by atoms with Crippen LogP contribution in [0.4, 0.5) is 5.69 Å². The third kappa shape index (κ3) is 2.46. The molecule has 18 heavy (non-hydrogen) atoms. The molecule has 0 radical (unpaired) electrons. The Labute approximate surface area is 107 Å². The number of thiocarbonyl (C=S) groups is 1. The molecule has 0 bridgehead atoms. The molecule has 8 nitrogen and oxygen atoms in total. The van der Waals surface area contributed by atoms with Crippen molar-refractivity contribution in [2.75, 3.05) is 6.79 Å². The second-order valence-corrected chi connectivity index (χ2v) is 3.70. The first-order valence-electron chi connectivity index (χ1n) is 4.74. The van der Waals surface area contributed by atoms with Crippen LogP contribution in [0.3, 0.4) is 0 Å². The third-order valence-corrected chi connectivity index (χ3v) is 2.19. The Hall–Kier alpha value is -2.42. The largest absolute Gasteiger partial charge is 0.454 e. The molecule has 1 aliphatic rings. The fourth-order valence-corrected chi connectivity index (χ4v) is 1.43. The van der Waals surface area contributed by atoms with Gasteiger partial charge in [0.2, 0.25) is 6.79 Å². The number of nitro benzene ring substituents is 1. The number of hydrogen-bond acceptors (Lipinski definition) is 6. The summed E-state index contributed by atoms with van der Waals surface area (Å²) >= 11 is 4.55. The van der Waals surface area contributed by atoms with E-state index in [2.05, 4.69) is 22.7 Å². The maximum absolute atomic E-state index is 10.9. The lowest BCUT2D eigenvalue weighted by Gasteiger charge is -2.00. The van der Waals surface area contributed by atoms with Crippen LogP contribution in [-0.4, -0.2) is 23.0 Å². The van der Waals surface area contributed by atoms with E-state index in [1.807, 2.05) is 0 Å². The number of nitrogens with one attached hydrogen (secondary N) is 1. The summed E-state index contributed by atoms with van der Waals surface area (Å²) in [5, 5.41) is 14.5. The van der Waals surface area contributed by atoms with Crippen LogP contribution in [0.15, 0.2) is 17.2 Å². The second-order valence-electron chi connectivity index (χ2n) is 3.26.